The van der Waals surface area contributed by atoms with Crippen LogP contribution in [0.15, 0.2) is 0 Å². The Bertz CT molecular complexity index is 131. The number of hydrogen-bond acceptors (Lipinski definition) is 2. The second-order valence-electron chi connectivity index (χ2n) is 1.82. The minimum atomic E-state index is -0.171. The molecule has 0 aromatic heterocycles. The number of halogens is 1. The van der Waals surface area contributed by atoms with E-state index >= 15 is 0 Å². The lowest BCUT2D eigenvalue weighted by atomic mass is 10.4. The highest BCUT2D eigenvalue weighted by molar-refractivity contribution is 9.12. The molecule has 0 N–H and O–H groups in total. The van der Waals surface area contributed by atoms with Gasteiger partial charge in [0.05, 0.1) is 6.42 Å². The Labute approximate surface area is 76.4 Å². The van der Waals surface area contributed by atoms with E-state index in [1.54, 1.807) is 0 Å². The molecule has 0 aromatic carbocycles. The SMILES string of the molecule is CCOC(CC#CBr)OCC. The van der Waals surface area contributed by atoms with Gasteiger partial charge in [0, 0.05) is 29.1 Å². The lowest BCUT2D eigenvalue weighted by Gasteiger charge is -2.13. The zero-order valence-corrected chi connectivity index (χ0v) is 8.48. The molecular weight excluding hydrogens is 208 g/mol. The molecule has 0 aliphatic heterocycles. The van der Waals surface area contributed by atoms with E-state index in [0.29, 0.717) is 19.6 Å². The molecule has 0 saturated carbocycles. The molecule has 2 nitrogen and oxygen atoms in total. The summed E-state index contributed by atoms with van der Waals surface area (Å²) in [6.45, 7) is 5.20. The van der Waals surface area contributed by atoms with Gasteiger partial charge in [0.2, 0.25) is 0 Å². The second kappa shape index (κ2) is 8.06. The van der Waals surface area contributed by atoms with E-state index in [9.17, 15) is 0 Å². The Morgan fingerprint density at radius 2 is 1.82 bits per heavy atom. The quantitative estimate of drug-likeness (QED) is 0.523. The standard InChI is InChI=1S/C8H13BrO2/c1-3-10-8(11-4-2)6-5-7-9/h8H,3-4,6H2,1-2H3. The van der Waals surface area contributed by atoms with Crippen molar-refractivity contribution >= 4 is 15.9 Å². The minimum absolute atomic E-state index is 0.171. The van der Waals surface area contributed by atoms with Crippen molar-refractivity contribution in [3.05, 3.63) is 0 Å². The average Bonchev–Trinajstić information content (AvgIpc) is 2.01. The van der Waals surface area contributed by atoms with Gasteiger partial charge in [0.1, 0.15) is 0 Å². The summed E-state index contributed by atoms with van der Waals surface area (Å²) < 4.78 is 10.5. The van der Waals surface area contributed by atoms with Gasteiger partial charge >= 0.3 is 0 Å². The van der Waals surface area contributed by atoms with Gasteiger partial charge in [-0.25, -0.2) is 0 Å². The largest absolute Gasteiger partial charge is 0.352 e. The molecular formula is C8H13BrO2. The predicted molar refractivity (Wildman–Crippen MR) is 48.4 cm³/mol. The zero-order valence-electron chi connectivity index (χ0n) is 6.89. The highest BCUT2D eigenvalue weighted by Gasteiger charge is 2.03. The first-order valence-corrected chi connectivity index (χ1v) is 4.46. The van der Waals surface area contributed by atoms with Gasteiger partial charge in [-0.15, -0.1) is 0 Å². The van der Waals surface area contributed by atoms with Crippen molar-refractivity contribution in [1.29, 1.82) is 0 Å². The molecule has 0 saturated heterocycles. The molecule has 0 atom stereocenters. The van der Waals surface area contributed by atoms with Crippen molar-refractivity contribution in [2.45, 2.75) is 26.6 Å². The molecule has 64 valence electrons. The van der Waals surface area contributed by atoms with Crippen molar-refractivity contribution in [2.75, 3.05) is 13.2 Å². The smallest absolute Gasteiger partial charge is 0.168 e. The lowest BCUT2D eigenvalue weighted by Crippen LogP contribution is -2.16. The first-order valence-electron chi connectivity index (χ1n) is 3.66. The lowest BCUT2D eigenvalue weighted by molar-refractivity contribution is -0.131. The maximum Gasteiger partial charge on any atom is 0.168 e. The summed E-state index contributed by atoms with van der Waals surface area (Å²) in [5.74, 6) is 2.83. The molecule has 0 heterocycles. The summed E-state index contributed by atoms with van der Waals surface area (Å²) in [5.41, 5.74) is 0. The summed E-state index contributed by atoms with van der Waals surface area (Å²) in [5, 5.41) is 0. The fourth-order valence-corrected chi connectivity index (χ4v) is 0.822. The molecule has 0 fully saturated rings. The van der Waals surface area contributed by atoms with E-state index in [1.165, 1.54) is 0 Å². The fraction of sp³-hybridized carbons (Fsp3) is 0.750. The monoisotopic (exact) mass is 220 g/mol. The molecule has 0 spiro atoms. The van der Waals surface area contributed by atoms with Crippen molar-refractivity contribution in [3.8, 4) is 10.8 Å². The van der Waals surface area contributed by atoms with Crippen LogP contribution < -0.4 is 0 Å². The van der Waals surface area contributed by atoms with Gasteiger partial charge in [0.25, 0.3) is 0 Å². The first kappa shape index (κ1) is 11.0. The maximum atomic E-state index is 5.24. The highest BCUT2D eigenvalue weighted by Crippen LogP contribution is 1.99. The third kappa shape index (κ3) is 6.36. The highest BCUT2D eigenvalue weighted by atomic mass is 79.9. The average molecular weight is 221 g/mol. The van der Waals surface area contributed by atoms with Crippen molar-refractivity contribution in [1.82, 2.24) is 0 Å². The normalized spacial score (nSPS) is 9.45. The Balaban J connectivity index is 3.56. The van der Waals surface area contributed by atoms with Crippen LogP contribution in [0.3, 0.4) is 0 Å². The predicted octanol–water partition coefficient (Wildman–Crippen LogP) is 2.13. The molecule has 0 unspecified atom stereocenters. The fourth-order valence-electron chi connectivity index (χ4n) is 0.660. The Morgan fingerprint density at radius 3 is 2.18 bits per heavy atom. The van der Waals surface area contributed by atoms with Gasteiger partial charge in [-0.2, -0.15) is 0 Å². The second-order valence-corrected chi connectivity index (χ2v) is 2.21. The molecule has 11 heavy (non-hydrogen) atoms. The van der Waals surface area contributed by atoms with Crippen LogP contribution in [0, 0.1) is 10.8 Å². The third-order valence-electron chi connectivity index (χ3n) is 1.04. The van der Waals surface area contributed by atoms with Gasteiger partial charge < -0.3 is 9.47 Å². The van der Waals surface area contributed by atoms with Gasteiger partial charge in [-0.3, -0.25) is 0 Å². The molecule has 0 aliphatic carbocycles. The molecule has 0 bridgehead atoms. The molecule has 3 heteroatoms. The zero-order chi connectivity index (χ0) is 8.53. The van der Waals surface area contributed by atoms with Gasteiger partial charge in [-0.05, 0) is 18.7 Å². The molecule has 0 aliphatic rings. The van der Waals surface area contributed by atoms with Crippen LogP contribution in [0.5, 0.6) is 0 Å². The van der Waals surface area contributed by atoms with Crippen LogP contribution in [0.4, 0.5) is 0 Å². The third-order valence-corrected chi connectivity index (χ3v) is 1.32. The van der Waals surface area contributed by atoms with E-state index in [1.807, 2.05) is 13.8 Å². The summed E-state index contributed by atoms with van der Waals surface area (Å²) in [7, 11) is 0. The van der Waals surface area contributed by atoms with Gasteiger partial charge in [-0.1, -0.05) is 5.92 Å². The summed E-state index contributed by atoms with van der Waals surface area (Å²) >= 11 is 3.01. The van der Waals surface area contributed by atoms with Gasteiger partial charge in [0.15, 0.2) is 6.29 Å². The number of ether oxygens (including phenoxy) is 2. The van der Waals surface area contributed by atoms with E-state index in [4.69, 9.17) is 9.47 Å². The Morgan fingerprint density at radius 1 is 1.27 bits per heavy atom. The first-order chi connectivity index (χ1) is 5.35. The van der Waals surface area contributed by atoms with Crippen LogP contribution in [0.1, 0.15) is 20.3 Å². The van der Waals surface area contributed by atoms with Crippen LogP contribution >= 0.6 is 15.9 Å². The minimum Gasteiger partial charge on any atom is -0.352 e. The van der Waals surface area contributed by atoms with Crippen molar-refractivity contribution < 1.29 is 9.47 Å². The van der Waals surface area contributed by atoms with E-state index in [2.05, 4.69) is 26.7 Å². The van der Waals surface area contributed by atoms with E-state index in [-0.39, 0.29) is 6.29 Å². The molecule has 0 rings (SSSR count). The van der Waals surface area contributed by atoms with Crippen LogP contribution in [0.2, 0.25) is 0 Å². The summed E-state index contributed by atoms with van der Waals surface area (Å²) in [6.07, 6.45) is 0.447. The molecule has 0 aromatic rings. The topological polar surface area (TPSA) is 18.5 Å². The summed E-state index contributed by atoms with van der Waals surface area (Å²) in [4.78, 5) is 2.62. The van der Waals surface area contributed by atoms with Crippen LogP contribution in [0.25, 0.3) is 0 Å². The van der Waals surface area contributed by atoms with E-state index < -0.39 is 0 Å². The summed E-state index contributed by atoms with van der Waals surface area (Å²) in [6, 6.07) is 0. The van der Waals surface area contributed by atoms with E-state index in [0.717, 1.165) is 0 Å². The maximum absolute atomic E-state index is 5.24. The van der Waals surface area contributed by atoms with Crippen molar-refractivity contribution in [2.24, 2.45) is 0 Å². The Hall–Kier alpha value is -0.0400. The number of hydrogen-bond donors (Lipinski definition) is 0. The van der Waals surface area contributed by atoms with Crippen LogP contribution in [-0.4, -0.2) is 19.5 Å². The van der Waals surface area contributed by atoms with Crippen LogP contribution in [-0.2, 0) is 9.47 Å². The molecule has 0 radical (unpaired) electrons. The molecule has 0 amide bonds. The van der Waals surface area contributed by atoms with Crippen molar-refractivity contribution in [3.63, 3.8) is 0 Å². The Kier molecular flexibility index (Phi) is 8.03. The number of rotatable bonds is 5.